The predicted molar refractivity (Wildman–Crippen MR) is 79.7 cm³/mol. The maximum absolute atomic E-state index is 13.5. The Bertz CT molecular complexity index is 969. The summed E-state index contributed by atoms with van der Waals surface area (Å²) in [6.07, 6.45) is 2.66. The summed E-state index contributed by atoms with van der Waals surface area (Å²) in [4.78, 5) is 0. The maximum Gasteiger partial charge on any atom is 0.216 e. The Morgan fingerprint density at radius 3 is 2.60 bits per heavy atom. The van der Waals surface area contributed by atoms with Crippen molar-refractivity contribution in [3.05, 3.63) is 64.1 Å². The lowest BCUT2D eigenvalue weighted by Gasteiger charge is -2.07. The lowest BCUT2D eigenvalue weighted by Crippen LogP contribution is -2.03. The highest BCUT2D eigenvalue weighted by atomic mass is 32.1. The number of furan rings is 1. The van der Waals surface area contributed by atoms with Gasteiger partial charge in [-0.25, -0.2) is 8.78 Å². The highest BCUT2D eigenvalue weighted by Gasteiger charge is 2.21. The molecular weight excluding hydrogens is 364 g/mol. The Morgan fingerprint density at radius 2 is 1.96 bits per heavy atom. The van der Waals surface area contributed by atoms with Crippen molar-refractivity contribution < 1.29 is 26.7 Å². The molecule has 0 amide bonds. The Labute approximate surface area is 142 Å². The van der Waals surface area contributed by atoms with E-state index in [2.05, 4.69) is 15.3 Å². The summed E-state index contributed by atoms with van der Waals surface area (Å²) < 4.78 is 64.8. The molecule has 0 saturated heterocycles. The van der Waals surface area contributed by atoms with Crippen LogP contribution >= 0.6 is 12.2 Å². The van der Waals surface area contributed by atoms with E-state index in [9.17, 15) is 17.6 Å². The highest BCUT2D eigenvalue weighted by molar-refractivity contribution is 7.71. The van der Waals surface area contributed by atoms with E-state index in [1.807, 2.05) is 0 Å². The van der Waals surface area contributed by atoms with Crippen molar-refractivity contribution in [3.8, 4) is 5.75 Å². The van der Waals surface area contributed by atoms with E-state index in [1.165, 1.54) is 29.4 Å². The van der Waals surface area contributed by atoms with Crippen LogP contribution in [0.25, 0.3) is 0 Å². The fourth-order valence-electron chi connectivity index (χ4n) is 1.81. The van der Waals surface area contributed by atoms with Crippen LogP contribution in [-0.4, -0.2) is 21.1 Å². The van der Waals surface area contributed by atoms with E-state index in [4.69, 9.17) is 21.4 Å². The van der Waals surface area contributed by atoms with Crippen molar-refractivity contribution in [1.82, 2.24) is 14.9 Å². The summed E-state index contributed by atoms with van der Waals surface area (Å²) in [5.74, 6) is -7.08. The van der Waals surface area contributed by atoms with Gasteiger partial charge in [0.1, 0.15) is 24.5 Å². The topological polar surface area (TPSA) is 68.3 Å². The molecule has 0 aliphatic heterocycles. The molecule has 130 valence electrons. The first-order chi connectivity index (χ1) is 12.0. The number of H-pyrrole nitrogens is 1. The molecule has 11 heteroatoms. The molecule has 1 aromatic carbocycles. The van der Waals surface area contributed by atoms with Gasteiger partial charge in [-0.2, -0.15) is 23.7 Å². The van der Waals surface area contributed by atoms with Gasteiger partial charge in [-0.1, -0.05) is 0 Å². The van der Waals surface area contributed by atoms with Crippen molar-refractivity contribution >= 4 is 18.4 Å². The number of rotatable bonds is 5. The molecule has 0 saturated carbocycles. The van der Waals surface area contributed by atoms with Gasteiger partial charge in [0, 0.05) is 6.07 Å². The van der Waals surface area contributed by atoms with Crippen molar-refractivity contribution in [2.24, 2.45) is 5.10 Å². The Hall–Kier alpha value is -2.95. The Balaban J connectivity index is 1.72. The average Bonchev–Trinajstić information content (AvgIpc) is 3.20. The van der Waals surface area contributed by atoms with Gasteiger partial charge in [-0.15, -0.1) is 0 Å². The number of benzene rings is 1. The molecule has 0 fully saturated rings. The van der Waals surface area contributed by atoms with Crippen molar-refractivity contribution in [2.75, 3.05) is 0 Å². The zero-order valence-corrected chi connectivity index (χ0v) is 13.0. The number of aromatic nitrogens is 3. The summed E-state index contributed by atoms with van der Waals surface area (Å²) in [5.41, 5.74) is 0. The number of hydrogen-bond donors (Lipinski definition) is 1. The van der Waals surface area contributed by atoms with Crippen LogP contribution in [0.4, 0.5) is 17.6 Å². The lowest BCUT2D eigenvalue weighted by molar-refractivity contribution is 0.237. The molecule has 1 N–H and O–H groups in total. The summed E-state index contributed by atoms with van der Waals surface area (Å²) in [6.45, 7) is -0.449. The molecule has 0 spiro atoms. The Morgan fingerprint density at radius 1 is 1.24 bits per heavy atom. The molecule has 0 aliphatic rings. The number of halogens is 4. The fourth-order valence-corrected chi connectivity index (χ4v) is 1.95. The van der Waals surface area contributed by atoms with Crippen LogP contribution < -0.4 is 4.74 Å². The zero-order chi connectivity index (χ0) is 18.0. The molecule has 6 nitrogen and oxygen atoms in total. The first-order valence-corrected chi connectivity index (χ1v) is 7.07. The van der Waals surface area contributed by atoms with E-state index in [-0.39, 0.29) is 22.4 Å². The van der Waals surface area contributed by atoms with E-state index in [0.717, 1.165) is 0 Å². The van der Waals surface area contributed by atoms with Crippen molar-refractivity contribution in [3.63, 3.8) is 0 Å². The first-order valence-electron chi connectivity index (χ1n) is 6.66. The minimum absolute atomic E-state index is 0.0972. The molecule has 25 heavy (non-hydrogen) atoms. The number of ether oxygens (including phenoxy) is 1. The van der Waals surface area contributed by atoms with Crippen LogP contribution in [0.2, 0.25) is 0 Å². The molecule has 0 unspecified atom stereocenters. The third kappa shape index (κ3) is 3.60. The number of hydrogen-bond acceptors (Lipinski definition) is 5. The van der Waals surface area contributed by atoms with E-state index < -0.39 is 35.6 Å². The van der Waals surface area contributed by atoms with Crippen LogP contribution in [0, 0.1) is 28.0 Å². The largest absolute Gasteiger partial charge is 0.479 e. The van der Waals surface area contributed by atoms with Crippen LogP contribution in [0.15, 0.2) is 34.0 Å². The van der Waals surface area contributed by atoms with E-state index in [1.54, 1.807) is 0 Å². The van der Waals surface area contributed by atoms with Gasteiger partial charge >= 0.3 is 0 Å². The minimum Gasteiger partial charge on any atom is -0.479 e. The van der Waals surface area contributed by atoms with E-state index >= 15 is 0 Å². The minimum atomic E-state index is -1.62. The van der Waals surface area contributed by atoms with Gasteiger partial charge in [0.2, 0.25) is 16.4 Å². The van der Waals surface area contributed by atoms with Crippen molar-refractivity contribution in [1.29, 1.82) is 0 Å². The summed E-state index contributed by atoms with van der Waals surface area (Å²) in [7, 11) is 0. The predicted octanol–water partition coefficient (Wildman–Crippen LogP) is 3.55. The zero-order valence-electron chi connectivity index (χ0n) is 12.2. The number of aromatic amines is 1. The average molecular weight is 372 g/mol. The summed E-state index contributed by atoms with van der Waals surface area (Å²) in [5, 5.41) is 10.1. The number of nitrogens with one attached hydrogen (secondary N) is 1. The van der Waals surface area contributed by atoms with E-state index in [0.29, 0.717) is 0 Å². The quantitative estimate of drug-likeness (QED) is 0.322. The normalized spacial score (nSPS) is 11.4. The number of nitrogens with zero attached hydrogens (tertiary/aromatic N) is 3. The van der Waals surface area contributed by atoms with Gasteiger partial charge < -0.3 is 9.15 Å². The molecule has 0 aliphatic carbocycles. The smallest absolute Gasteiger partial charge is 0.216 e. The van der Waals surface area contributed by atoms with Gasteiger partial charge in [0.25, 0.3) is 0 Å². The second kappa shape index (κ2) is 6.89. The van der Waals surface area contributed by atoms with Gasteiger partial charge in [-0.05, 0) is 24.4 Å². The standard InChI is InChI=1S/C14H8F4N4O2S/c15-9-3-10(16)12(18)13(11(9)17)23-5-8-2-1-7(24-8)4-20-22-6-19-21-14(22)25/h1-4,6H,5H2,(H,21,25)/b20-4+. The fraction of sp³-hybridized carbons (Fsp3) is 0.0714. The summed E-state index contributed by atoms with van der Waals surface area (Å²) in [6, 6.07) is 3.05. The van der Waals surface area contributed by atoms with Crippen LogP contribution in [0.1, 0.15) is 11.5 Å². The maximum atomic E-state index is 13.5. The monoisotopic (exact) mass is 372 g/mol. The van der Waals surface area contributed by atoms with Crippen LogP contribution in [0.5, 0.6) is 5.75 Å². The molecule has 3 aromatic rings. The SMILES string of the molecule is Fc1cc(F)c(F)c(OCc2ccc(/C=N/n3cn[nH]c3=S)o2)c1F. The second-order valence-electron chi connectivity index (χ2n) is 4.64. The third-order valence-corrected chi connectivity index (χ3v) is 3.24. The molecule has 3 rings (SSSR count). The third-order valence-electron chi connectivity index (χ3n) is 2.96. The van der Waals surface area contributed by atoms with Gasteiger partial charge in [0.15, 0.2) is 17.4 Å². The highest BCUT2D eigenvalue weighted by Crippen LogP contribution is 2.27. The summed E-state index contributed by atoms with van der Waals surface area (Å²) >= 11 is 4.90. The molecule has 0 bridgehead atoms. The molecule has 2 aromatic heterocycles. The molecule has 0 atom stereocenters. The first kappa shape index (κ1) is 16.9. The van der Waals surface area contributed by atoms with Crippen LogP contribution in [-0.2, 0) is 6.61 Å². The van der Waals surface area contributed by atoms with Crippen LogP contribution in [0.3, 0.4) is 0 Å². The van der Waals surface area contributed by atoms with Gasteiger partial charge in [-0.3, -0.25) is 5.10 Å². The molecule has 0 radical (unpaired) electrons. The Kier molecular flexibility index (Phi) is 4.65. The van der Waals surface area contributed by atoms with Crippen molar-refractivity contribution in [2.45, 2.75) is 6.61 Å². The molecule has 2 heterocycles. The molecular formula is C14H8F4N4O2S. The van der Waals surface area contributed by atoms with Gasteiger partial charge in [0.05, 0.1) is 6.21 Å². The lowest BCUT2D eigenvalue weighted by atomic mass is 10.3. The second-order valence-corrected chi connectivity index (χ2v) is 5.03.